The Hall–Kier alpha value is -2.63. The van der Waals surface area contributed by atoms with Gasteiger partial charge in [0.25, 0.3) is 6.43 Å². The van der Waals surface area contributed by atoms with Gasteiger partial charge in [0.05, 0.1) is 43.1 Å². The number of amides is 2. The van der Waals surface area contributed by atoms with Gasteiger partial charge in [0, 0.05) is 35.7 Å². The van der Waals surface area contributed by atoms with Gasteiger partial charge < -0.3 is 25.6 Å². The fourth-order valence-electron chi connectivity index (χ4n) is 5.65. The maximum atomic E-state index is 14.7. The Balaban J connectivity index is 1.29. The minimum absolute atomic E-state index is 0.0123. The molecular weight excluding hydrogens is 509 g/mol. The van der Waals surface area contributed by atoms with Gasteiger partial charge in [0.15, 0.2) is 0 Å². The second-order valence-corrected chi connectivity index (χ2v) is 10.6. The Morgan fingerprint density at radius 3 is 2.57 bits per heavy atom. The largest absolute Gasteiger partial charge is 0.376 e. The number of rotatable bonds is 4. The van der Waals surface area contributed by atoms with Crippen molar-refractivity contribution in [1.29, 1.82) is 0 Å². The maximum absolute atomic E-state index is 14.7. The number of likely N-dealkylation sites (tertiary alicyclic amines) is 1. The van der Waals surface area contributed by atoms with E-state index in [4.69, 9.17) is 22.1 Å². The molecule has 0 bridgehead atoms. The fraction of sp³-hybridized carbons (Fsp3) is 0.560. The highest BCUT2D eigenvalue weighted by Gasteiger charge is 2.48. The summed E-state index contributed by atoms with van der Waals surface area (Å²) >= 11 is 6.15. The number of ether oxygens (including phenoxy) is 1. The molecule has 2 aromatic rings. The van der Waals surface area contributed by atoms with Crippen molar-refractivity contribution >= 4 is 23.4 Å². The predicted octanol–water partition coefficient (Wildman–Crippen LogP) is 4.64. The van der Waals surface area contributed by atoms with Crippen LogP contribution in [0.3, 0.4) is 0 Å². The minimum Gasteiger partial charge on any atom is -0.376 e. The maximum Gasteiger partial charge on any atom is 0.320 e. The van der Waals surface area contributed by atoms with E-state index in [0.29, 0.717) is 36.8 Å². The summed E-state index contributed by atoms with van der Waals surface area (Å²) in [5.74, 6) is -0.615. The van der Waals surface area contributed by atoms with E-state index in [1.54, 1.807) is 11.8 Å². The van der Waals surface area contributed by atoms with Crippen molar-refractivity contribution in [2.24, 2.45) is 11.1 Å². The smallest absolute Gasteiger partial charge is 0.320 e. The van der Waals surface area contributed by atoms with Gasteiger partial charge in [-0.2, -0.15) is 0 Å². The average Bonchev–Trinajstić information content (AvgIpc) is 3.41. The second kappa shape index (κ2) is 9.92. The van der Waals surface area contributed by atoms with E-state index in [1.807, 2.05) is 11.8 Å². The lowest BCUT2D eigenvalue weighted by Gasteiger charge is -2.42. The van der Waals surface area contributed by atoms with E-state index in [2.05, 4.69) is 15.3 Å². The number of aromatic nitrogens is 2. The molecule has 3 atom stereocenters. The number of benzene rings is 1. The third-order valence-electron chi connectivity index (χ3n) is 8.02. The summed E-state index contributed by atoms with van der Waals surface area (Å²) in [5.41, 5.74) is 7.00. The van der Waals surface area contributed by atoms with Crippen LogP contribution in [-0.4, -0.2) is 57.6 Å². The van der Waals surface area contributed by atoms with Crippen molar-refractivity contribution in [2.45, 2.75) is 64.4 Å². The lowest BCUT2D eigenvalue weighted by molar-refractivity contribution is 0.0681. The summed E-state index contributed by atoms with van der Waals surface area (Å²) in [6, 6.07) is 3.07. The molecule has 200 valence electrons. The molecule has 2 amide bonds. The first kappa shape index (κ1) is 26.0. The zero-order valence-corrected chi connectivity index (χ0v) is 21.4. The van der Waals surface area contributed by atoms with Crippen LogP contribution < -0.4 is 11.1 Å². The first-order valence-corrected chi connectivity index (χ1v) is 12.8. The van der Waals surface area contributed by atoms with E-state index in [-0.39, 0.29) is 47.5 Å². The number of piperidine rings is 1. The van der Waals surface area contributed by atoms with E-state index in [9.17, 15) is 18.0 Å². The molecule has 3 N–H and O–H groups in total. The molecule has 37 heavy (non-hydrogen) atoms. The average molecular weight is 539 g/mol. The first-order valence-electron chi connectivity index (χ1n) is 12.4. The number of nitrogens with one attached hydrogen (secondary N) is 1. The van der Waals surface area contributed by atoms with Crippen LogP contribution in [0, 0.1) is 11.2 Å². The number of hydrogen-bond donors (Lipinski definition) is 2. The van der Waals surface area contributed by atoms with Gasteiger partial charge >= 0.3 is 6.03 Å². The first-order chi connectivity index (χ1) is 17.6. The number of urea groups is 1. The van der Waals surface area contributed by atoms with Gasteiger partial charge in [-0.05, 0) is 38.3 Å². The van der Waals surface area contributed by atoms with E-state index >= 15 is 0 Å². The Morgan fingerprint density at radius 1 is 1.22 bits per heavy atom. The van der Waals surface area contributed by atoms with Crippen LogP contribution in [0.25, 0.3) is 0 Å². The second-order valence-electron chi connectivity index (χ2n) is 10.2. The highest BCUT2D eigenvalue weighted by molar-refractivity contribution is 6.28. The number of halogens is 4. The van der Waals surface area contributed by atoms with Crippen LogP contribution in [0.4, 0.5) is 23.8 Å². The molecule has 12 heteroatoms. The normalized spacial score (nSPS) is 23.6. The minimum atomic E-state index is -2.92. The molecule has 2 saturated heterocycles. The van der Waals surface area contributed by atoms with Crippen molar-refractivity contribution in [2.75, 3.05) is 25.0 Å². The van der Waals surface area contributed by atoms with Gasteiger partial charge in [0.1, 0.15) is 11.6 Å². The third-order valence-corrected chi connectivity index (χ3v) is 8.18. The number of nitrogens with two attached hydrogens (primary N) is 1. The van der Waals surface area contributed by atoms with Gasteiger partial charge in [-0.1, -0.05) is 18.2 Å². The quantitative estimate of drug-likeness (QED) is 0.550. The molecule has 4 heterocycles. The zero-order chi connectivity index (χ0) is 26.5. The lowest BCUT2D eigenvalue weighted by atomic mass is 9.73. The van der Waals surface area contributed by atoms with Crippen molar-refractivity contribution < 1.29 is 22.7 Å². The summed E-state index contributed by atoms with van der Waals surface area (Å²) in [7, 11) is 0. The number of anilines is 1. The van der Waals surface area contributed by atoms with E-state index in [0.717, 1.165) is 18.9 Å². The Labute approximate surface area is 218 Å². The molecule has 0 aliphatic carbocycles. The monoisotopic (exact) mass is 538 g/mol. The molecule has 2 fully saturated rings. The topological polar surface area (TPSA) is 96.6 Å². The lowest BCUT2D eigenvalue weighted by Crippen LogP contribution is -2.53. The molecule has 3 aliphatic heterocycles. The Kier molecular flexibility index (Phi) is 6.97. The number of alkyl halides is 2. The molecule has 1 aromatic carbocycles. The van der Waals surface area contributed by atoms with Crippen LogP contribution in [0.15, 0.2) is 18.2 Å². The summed E-state index contributed by atoms with van der Waals surface area (Å²) < 4.78 is 46.8. The summed E-state index contributed by atoms with van der Waals surface area (Å²) in [5, 5.41) is 3.07. The molecule has 5 rings (SSSR count). The highest BCUT2D eigenvalue weighted by Crippen LogP contribution is 2.41. The number of hydrogen-bond acceptors (Lipinski definition) is 6. The molecule has 1 spiro atoms. The third kappa shape index (κ3) is 4.72. The molecule has 0 radical (unpaired) electrons. The van der Waals surface area contributed by atoms with E-state index in [1.165, 1.54) is 12.1 Å². The summed E-state index contributed by atoms with van der Waals surface area (Å²) in [4.78, 5) is 25.4. The molecule has 1 aromatic heterocycles. The molecule has 0 unspecified atom stereocenters. The molecular formula is C25H30ClF3N6O2. The van der Waals surface area contributed by atoms with Gasteiger partial charge in [-0.25, -0.2) is 27.9 Å². The van der Waals surface area contributed by atoms with Gasteiger partial charge in [0.2, 0.25) is 5.28 Å². The van der Waals surface area contributed by atoms with Gasteiger partial charge in [-0.3, -0.25) is 0 Å². The predicted molar refractivity (Wildman–Crippen MR) is 132 cm³/mol. The molecule has 8 nitrogen and oxygen atoms in total. The van der Waals surface area contributed by atoms with E-state index < -0.39 is 23.8 Å². The van der Waals surface area contributed by atoms with Crippen LogP contribution in [0.1, 0.15) is 61.5 Å². The standard InChI is InChI=1S/C25H30ClF3N6O2/c1-13(15-4-3-5-16(19(15)27)21(28)29)31-22-17-10-35(11-18(17)32-23(26)33-22)24(36)34-8-6-25(7-9-34)12-37-14(2)20(25)30/h3-5,13-14,20-21H,6-12,30H2,1-2H3,(H,31,32,33)/t13-,14+,20-/m1/s1. The van der Waals surface area contributed by atoms with Crippen LogP contribution in [-0.2, 0) is 17.8 Å². The number of nitrogens with zero attached hydrogens (tertiary/aromatic N) is 4. The summed E-state index contributed by atoms with van der Waals surface area (Å²) in [6.45, 7) is 5.94. The molecule has 3 aliphatic rings. The number of fused-ring (bicyclic) bond motifs is 1. The van der Waals surface area contributed by atoms with Crippen molar-refractivity contribution in [3.05, 3.63) is 51.7 Å². The van der Waals surface area contributed by atoms with Crippen LogP contribution in [0.5, 0.6) is 0 Å². The van der Waals surface area contributed by atoms with Crippen LogP contribution >= 0.6 is 11.6 Å². The number of carbonyl (C=O) groups is 1. The van der Waals surface area contributed by atoms with Crippen molar-refractivity contribution in [3.8, 4) is 0 Å². The van der Waals surface area contributed by atoms with Crippen LogP contribution in [0.2, 0.25) is 5.28 Å². The molecule has 0 saturated carbocycles. The van der Waals surface area contributed by atoms with Crippen molar-refractivity contribution in [3.63, 3.8) is 0 Å². The Morgan fingerprint density at radius 2 is 1.92 bits per heavy atom. The SMILES string of the molecule is C[C@@H]1OCC2(CCN(C(=O)N3Cc4nc(Cl)nc(N[C@H](C)c5cccc(C(F)F)c5F)c4C3)CC2)[C@@H]1N. The summed E-state index contributed by atoms with van der Waals surface area (Å²) in [6.07, 6.45) is -1.35. The fourth-order valence-corrected chi connectivity index (χ4v) is 5.84. The highest BCUT2D eigenvalue weighted by atomic mass is 35.5. The van der Waals surface area contributed by atoms with Crippen molar-refractivity contribution in [1.82, 2.24) is 19.8 Å². The van der Waals surface area contributed by atoms with Gasteiger partial charge in [-0.15, -0.1) is 0 Å². The Bertz CT molecular complexity index is 1190. The zero-order valence-electron chi connectivity index (χ0n) is 20.7. The number of carbonyl (C=O) groups excluding carboxylic acids is 1.